The van der Waals surface area contributed by atoms with Crippen LogP contribution in [0.1, 0.15) is 32.8 Å². The maximum absolute atomic E-state index is 12.5. The van der Waals surface area contributed by atoms with Crippen LogP contribution in [0.3, 0.4) is 0 Å². The van der Waals surface area contributed by atoms with Gasteiger partial charge < -0.3 is 10.2 Å². The van der Waals surface area contributed by atoms with E-state index in [2.05, 4.69) is 32.2 Å². The highest BCUT2D eigenvalue weighted by Crippen LogP contribution is 2.26. The summed E-state index contributed by atoms with van der Waals surface area (Å²) in [6, 6.07) is 8.35. The van der Waals surface area contributed by atoms with Crippen molar-refractivity contribution in [2.24, 2.45) is 0 Å². The van der Waals surface area contributed by atoms with E-state index in [-0.39, 0.29) is 18.0 Å². The van der Waals surface area contributed by atoms with Crippen LogP contribution in [0.5, 0.6) is 0 Å². The van der Waals surface area contributed by atoms with Gasteiger partial charge in [0.1, 0.15) is 6.04 Å². The monoisotopic (exact) mass is 246 g/mol. The highest BCUT2D eigenvalue weighted by atomic mass is 16.2. The Bertz CT molecular complexity index is 403. The van der Waals surface area contributed by atoms with Crippen molar-refractivity contribution < 1.29 is 4.79 Å². The summed E-state index contributed by atoms with van der Waals surface area (Å²) in [4.78, 5) is 14.5. The molecule has 18 heavy (non-hydrogen) atoms. The Morgan fingerprint density at radius 3 is 2.78 bits per heavy atom. The molecular formula is C15H22N2O. The van der Waals surface area contributed by atoms with E-state index in [1.54, 1.807) is 0 Å². The van der Waals surface area contributed by atoms with E-state index >= 15 is 0 Å². The predicted molar refractivity (Wildman–Crippen MR) is 74.7 cm³/mol. The Labute approximate surface area is 109 Å². The molecule has 0 aliphatic carbocycles. The van der Waals surface area contributed by atoms with E-state index in [1.807, 2.05) is 23.1 Å². The molecule has 1 atom stereocenters. The summed E-state index contributed by atoms with van der Waals surface area (Å²) < 4.78 is 0. The smallest absolute Gasteiger partial charge is 0.245 e. The fourth-order valence-corrected chi connectivity index (χ4v) is 2.51. The molecule has 1 aliphatic rings. The second-order valence-electron chi connectivity index (χ2n) is 5.18. The molecule has 3 heteroatoms. The summed E-state index contributed by atoms with van der Waals surface area (Å²) in [5, 5.41) is 3.34. The first-order valence-corrected chi connectivity index (χ1v) is 6.78. The lowest BCUT2D eigenvalue weighted by atomic mass is 10.1. The fraction of sp³-hybridized carbons (Fsp3) is 0.533. The first kappa shape index (κ1) is 12.9. The van der Waals surface area contributed by atoms with Gasteiger partial charge in [-0.1, -0.05) is 25.1 Å². The van der Waals surface area contributed by atoms with Crippen LogP contribution < -0.4 is 5.32 Å². The molecule has 2 rings (SSSR count). The zero-order chi connectivity index (χ0) is 13.1. The van der Waals surface area contributed by atoms with Crippen LogP contribution in [-0.4, -0.2) is 29.4 Å². The summed E-state index contributed by atoms with van der Waals surface area (Å²) >= 11 is 0. The molecule has 0 saturated heterocycles. The molecule has 1 heterocycles. The van der Waals surface area contributed by atoms with Crippen molar-refractivity contribution >= 4 is 11.6 Å². The van der Waals surface area contributed by atoms with Gasteiger partial charge >= 0.3 is 0 Å². The summed E-state index contributed by atoms with van der Waals surface area (Å²) in [6.45, 7) is 7.11. The Morgan fingerprint density at radius 1 is 1.44 bits per heavy atom. The molecule has 1 amide bonds. The minimum absolute atomic E-state index is 0.0867. The van der Waals surface area contributed by atoms with Crippen LogP contribution in [0.4, 0.5) is 5.69 Å². The van der Waals surface area contributed by atoms with Crippen molar-refractivity contribution in [2.75, 3.05) is 11.9 Å². The first-order valence-electron chi connectivity index (χ1n) is 6.78. The van der Waals surface area contributed by atoms with Crippen molar-refractivity contribution in [1.29, 1.82) is 0 Å². The van der Waals surface area contributed by atoms with Crippen LogP contribution in [0.25, 0.3) is 0 Å². The standard InChI is InChI=1S/C15H22N2O/c1-4-9-17(11(2)3)15(18)14-10-12-7-5-6-8-13(12)16-14/h5-8,11,14,16H,4,9-10H2,1-3H3. The number of para-hydroxylation sites is 1. The Kier molecular flexibility index (Phi) is 3.90. The largest absolute Gasteiger partial charge is 0.373 e. The number of benzene rings is 1. The number of carbonyl (C=O) groups excluding carboxylic acids is 1. The highest BCUT2D eigenvalue weighted by molar-refractivity contribution is 5.87. The van der Waals surface area contributed by atoms with Gasteiger partial charge in [-0.2, -0.15) is 0 Å². The van der Waals surface area contributed by atoms with E-state index < -0.39 is 0 Å². The van der Waals surface area contributed by atoms with Gasteiger partial charge in [0.05, 0.1) is 0 Å². The molecule has 1 unspecified atom stereocenters. The van der Waals surface area contributed by atoms with E-state index in [1.165, 1.54) is 5.56 Å². The second-order valence-corrected chi connectivity index (χ2v) is 5.18. The van der Waals surface area contributed by atoms with E-state index in [4.69, 9.17) is 0 Å². The van der Waals surface area contributed by atoms with Gasteiger partial charge in [-0.05, 0) is 31.9 Å². The number of amides is 1. The van der Waals surface area contributed by atoms with Crippen molar-refractivity contribution in [3.8, 4) is 0 Å². The molecule has 0 bridgehead atoms. The van der Waals surface area contributed by atoms with Gasteiger partial charge in [-0.15, -0.1) is 0 Å². The number of carbonyl (C=O) groups is 1. The Morgan fingerprint density at radius 2 is 2.17 bits per heavy atom. The van der Waals surface area contributed by atoms with E-state index in [0.29, 0.717) is 0 Å². The zero-order valence-electron chi connectivity index (χ0n) is 11.4. The molecule has 0 aromatic heterocycles. The van der Waals surface area contributed by atoms with Crippen molar-refractivity contribution in [3.05, 3.63) is 29.8 Å². The number of anilines is 1. The van der Waals surface area contributed by atoms with Crippen LogP contribution >= 0.6 is 0 Å². The SMILES string of the molecule is CCCN(C(=O)C1Cc2ccccc2N1)C(C)C. The minimum Gasteiger partial charge on any atom is -0.373 e. The van der Waals surface area contributed by atoms with Crippen LogP contribution in [0.2, 0.25) is 0 Å². The lowest BCUT2D eigenvalue weighted by Crippen LogP contribution is -2.45. The Balaban J connectivity index is 2.08. The van der Waals surface area contributed by atoms with Gasteiger partial charge in [0.25, 0.3) is 0 Å². The van der Waals surface area contributed by atoms with Crippen molar-refractivity contribution in [1.82, 2.24) is 4.90 Å². The molecule has 0 fully saturated rings. The molecular weight excluding hydrogens is 224 g/mol. The first-order chi connectivity index (χ1) is 8.63. The van der Waals surface area contributed by atoms with Gasteiger partial charge in [-0.25, -0.2) is 0 Å². The maximum Gasteiger partial charge on any atom is 0.245 e. The average Bonchev–Trinajstić information content (AvgIpc) is 2.78. The number of hydrogen-bond acceptors (Lipinski definition) is 2. The molecule has 0 spiro atoms. The molecule has 0 radical (unpaired) electrons. The van der Waals surface area contributed by atoms with Crippen molar-refractivity contribution in [3.63, 3.8) is 0 Å². The molecule has 1 aromatic rings. The number of nitrogens with zero attached hydrogens (tertiary/aromatic N) is 1. The number of fused-ring (bicyclic) bond motifs is 1. The quantitative estimate of drug-likeness (QED) is 0.886. The number of hydrogen-bond donors (Lipinski definition) is 1. The summed E-state index contributed by atoms with van der Waals surface area (Å²) in [7, 11) is 0. The number of nitrogens with one attached hydrogen (secondary N) is 1. The third kappa shape index (κ3) is 2.50. The second kappa shape index (κ2) is 5.42. The summed E-state index contributed by atoms with van der Waals surface area (Å²) in [5.41, 5.74) is 2.35. The normalized spacial score (nSPS) is 17.4. The van der Waals surface area contributed by atoms with Gasteiger partial charge in [0.15, 0.2) is 0 Å². The maximum atomic E-state index is 12.5. The zero-order valence-corrected chi connectivity index (χ0v) is 11.4. The minimum atomic E-state index is -0.0867. The highest BCUT2D eigenvalue weighted by Gasteiger charge is 2.30. The van der Waals surface area contributed by atoms with E-state index in [0.717, 1.165) is 25.1 Å². The molecule has 1 N–H and O–H groups in total. The Hall–Kier alpha value is -1.51. The van der Waals surface area contributed by atoms with Gasteiger partial charge in [0, 0.05) is 24.7 Å². The molecule has 3 nitrogen and oxygen atoms in total. The molecule has 98 valence electrons. The topological polar surface area (TPSA) is 32.3 Å². The van der Waals surface area contributed by atoms with Gasteiger partial charge in [-0.3, -0.25) is 4.79 Å². The summed E-state index contributed by atoms with van der Waals surface area (Å²) in [6.07, 6.45) is 1.81. The van der Waals surface area contributed by atoms with E-state index in [9.17, 15) is 4.79 Å². The predicted octanol–water partition coefficient (Wildman–Crippen LogP) is 2.67. The molecule has 1 aliphatic heterocycles. The average molecular weight is 246 g/mol. The summed E-state index contributed by atoms with van der Waals surface area (Å²) in [5.74, 6) is 0.225. The van der Waals surface area contributed by atoms with Crippen LogP contribution in [-0.2, 0) is 11.2 Å². The third-order valence-corrected chi connectivity index (χ3v) is 3.44. The number of rotatable bonds is 4. The lowest BCUT2D eigenvalue weighted by Gasteiger charge is -2.29. The van der Waals surface area contributed by atoms with Gasteiger partial charge in [0.2, 0.25) is 5.91 Å². The molecule has 1 aromatic carbocycles. The fourth-order valence-electron chi connectivity index (χ4n) is 2.51. The molecule has 0 saturated carbocycles. The third-order valence-electron chi connectivity index (χ3n) is 3.44. The van der Waals surface area contributed by atoms with Crippen LogP contribution in [0.15, 0.2) is 24.3 Å². The van der Waals surface area contributed by atoms with Crippen LogP contribution in [0, 0.1) is 0 Å². The van der Waals surface area contributed by atoms with Crippen molar-refractivity contribution in [2.45, 2.75) is 45.7 Å². The lowest BCUT2D eigenvalue weighted by molar-refractivity contribution is -0.133.